The van der Waals surface area contributed by atoms with E-state index in [0.717, 1.165) is 43.0 Å². The minimum atomic E-state index is -3.49. The zero-order chi connectivity index (χ0) is 25.0. The first kappa shape index (κ1) is 25.1. The third-order valence-corrected chi connectivity index (χ3v) is 8.11. The largest absolute Gasteiger partial charge is 0.478 e. The molecule has 1 aliphatic rings. The van der Waals surface area contributed by atoms with Crippen LogP contribution in [0.5, 0.6) is 0 Å². The monoisotopic (exact) mass is 496 g/mol. The number of carboxylic acid groups (broad SMARTS) is 1. The molecule has 0 saturated carbocycles. The number of hydrogen-bond donors (Lipinski definition) is 3. The second kappa shape index (κ2) is 10.7. The van der Waals surface area contributed by atoms with Crippen molar-refractivity contribution < 1.29 is 18.3 Å². The molecule has 3 aromatic rings. The fraction of sp³-hybridized carbons (Fsp3) is 0.346. The number of benzene rings is 2. The number of nitrogens with zero attached hydrogens (tertiary/aromatic N) is 2. The van der Waals surface area contributed by atoms with Crippen molar-refractivity contribution in [3.05, 3.63) is 77.0 Å². The van der Waals surface area contributed by atoms with E-state index < -0.39 is 16.2 Å². The summed E-state index contributed by atoms with van der Waals surface area (Å²) in [6.45, 7) is 1.69. The molecule has 1 aromatic heterocycles. The summed E-state index contributed by atoms with van der Waals surface area (Å²) in [6, 6.07) is 14.5. The van der Waals surface area contributed by atoms with Crippen LogP contribution >= 0.6 is 0 Å². The number of rotatable bonds is 11. The van der Waals surface area contributed by atoms with Crippen molar-refractivity contribution in [3.63, 3.8) is 0 Å². The van der Waals surface area contributed by atoms with Crippen LogP contribution in [-0.2, 0) is 27.8 Å². The van der Waals surface area contributed by atoms with Gasteiger partial charge in [-0.05, 0) is 53.7 Å². The number of hydrogen-bond acceptors (Lipinski definition) is 4. The zero-order valence-electron chi connectivity index (χ0n) is 20.1. The predicted octanol–water partition coefficient (Wildman–Crippen LogP) is 3.19. The molecular weight excluding hydrogens is 464 g/mol. The number of aromatic nitrogens is 1. The zero-order valence-corrected chi connectivity index (χ0v) is 20.9. The minimum absolute atomic E-state index is 0.177. The van der Waals surface area contributed by atoms with Gasteiger partial charge in [0.15, 0.2) is 0 Å². The molecule has 1 aliphatic carbocycles. The maximum absolute atomic E-state index is 12.2. The van der Waals surface area contributed by atoms with Crippen LogP contribution in [-0.4, -0.2) is 67.4 Å². The average Bonchev–Trinajstić information content (AvgIpc) is 3.43. The number of aromatic amines is 1. The number of aliphatic carboxylic acids is 1. The molecule has 1 unspecified atom stereocenters. The van der Waals surface area contributed by atoms with Crippen LogP contribution in [0.1, 0.15) is 34.7 Å². The van der Waals surface area contributed by atoms with Gasteiger partial charge in [0, 0.05) is 62.9 Å². The SMILES string of the molecule is CN(C)S(=O)(=O)NCCN(CCc1c[nH]c2ccccc12)C1CCc2cc(C=CC(=O)O)ccc21. The van der Waals surface area contributed by atoms with Crippen molar-refractivity contribution in [1.29, 1.82) is 0 Å². The molecular formula is C26H32N4O4S. The minimum Gasteiger partial charge on any atom is -0.478 e. The van der Waals surface area contributed by atoms with E-state index in [1.807, 2.05) is 18.2 Å². The number of para-hydroxylation sites is 1. The standard InChI is InChI=1S/C26H32N4O4S/c1-29(2)35(33,34)28-14-16-30(15-13-21-18-27-24-6-4-3-5-22(21)24)25-11-9-20-17-19(7-10-23(20)25)8-12-26(31)32/h3-8,10,12,17-18,25,27-28H,9,11,13-16H2,1-2H3,(H,31,32). The molecule has 0 amide bonds. The van der Waals surface area contributed by atoms with Crippen LogP contribution in [0, 0.1) is 0 Å². The summed E-state index contributed by atoms with van der Waals surface area (Å²) in [6.07, 6.45) is 7.51. The Morgan fingerprint density at radius 1 is 1.20 bits per heavy atom. The van der Waals surface area contributed by atoms with E-state index in [9.17, 15) is 13.2 Å². The van der Waals surface area contributed by atoms with Crippen LogP contribution in [0.15, 0.2) is 54.7 Å². The fourth-order valence-electron chi connectivity index (χ4n) is 4.74. The van der Waals surface area contributed by atoms with Gasteiger partial charge in [-0.2, -0.15) is 12.7 Å². The lowest BCUT2D eigenvalue weighted by atomic mass is 10.0. The average molecular weight is 497 g/mol. The predicted molar refractivity (Wildman–Crippen MR) is 138 cm³/mol. The van der Waals surface area contributed by atoms with Gasteiger partial charge in [-0.25, -0.2) is 9.52 Å². The van der Waals surface area contributed by atoms with Crippen LogP contribution in [0.3, 0.4) is 0 Å². The van der Waals surface area contributed by atoms with Crippen molar-refractivity contribution in [3.8, 4) is 0 Å². The highest BCUT2D eigenvalue weighted by Crippen LogP contribution is 2.36. The van der Waals surface area contributed by atoms with Crippen molar-refractivity contribution in [2.45, 2.75) is 25.3 Å². The highest BCUT2D eigenvalue weighted by molar-refractivity contribution is 7.87. The van der Waals surface area contributed by atoms with Gasteiger partial charge in [0.2, 0.25) is 0 Å². The van der Waals surface area contributed by atoms with Crippen molar-refractivity contribution in [2.24, 2.45) is 0 Å². The van der Waals surface area contributed by atoms with Crippen LogP contribution in [0.4, 0.5) is 0 Å². The van der Waals surface area contributed by atoms with Gasteiger partial charge in [-0.1, -0.05) is 36.4 Å². The number of aryl methyl sites for hydroxylation is 1. The molecule has 0 fully saturated rings. The molecule has 1 atom stereocenters. The quantitative estimate of drug-likeness (QED) is 0.354. The highest BCUT2D eigenvalue weighted by atomic mass is 32.2. The lowest BCUT2D eigenvalue weighted by molar-refractivity contribution is -0.131. The van der Waals surface area contributed by atoms with E-state index >= 15 is 0 Å². The first-order valence-electron chi connectivity index (χ1n) is 11.7. The Hall–Kier alpha value is -2.98. The van der Waals surface area contributed by atoms with Gasteiger partial charge >= 0.3 is 5.97 Å². The van der Waals surface area contributed by atoms with Crippen molar-refractivity contribution >= 4 is 33.2 Å². The first-order valence-corrected chi connectivity index (χ1v) is 13.2. The second-order valence-corrected chi connectivity index (χ2v) is 11.0. The Kier molecular flexibility index (Phi) is 7.71. The lowest BCUT2D eigenvalue weighted by Gasteiger charge is -2.30. The topological polar surface area (TPSA) is 106 Å². The Labute approximate surface area is 206 Å². The smallest absolute Gasteiger partial charge is 0.328 e. The van der Waals surface area contributed by atoms with E-state index in [2.05, 4.69) is 45.1 Å². The van der Waals surface area contributed by atoms with Gasteiger partial charge < -0.3 is 10.1 Å². The molecule has 8 nitrogen and oxygen atoms in total. The van der Waals surface area contributed by atoms with Gasteiger partial charge in [0.05, 0.1) is 0 Å². The third-order valence-electron chi connectivity index (χ3n) is 6.58. The molecule has 1 heterocycles. The van der Waals surface area contributed by atoms with Crippen molar-refractivity contribution in [2.75, 3.05) is 33.7 Å². The molecule has 0 bridgehead atoms. The maximum atomic E-state index is 12.2. The molecule has 0 spiro atoms. The molecule has 35 heavy (non-hydrogen) atoms. The summed E-state index contributed by atoms with van der Waals surface area (Å²) < 4.78 is 28.3. The highest BCUT2D eigenvalue weighted by Gasteiger charge is 2.28. The summed E-state index contributed by atoms with van der Waals surface area (Å²) in [7, 11) is -0.459. The van der Waals surface area contributed by atoms with Gasteiger partial charge in [-0.3, -0.25) is 4.90 Å². The number of nitrogens with one attached hydrogen (secondary N) is 2. The third kappa shape index (κ3) is 5.99. The number of carboxylic acids is 1. The summed E-state index contributed by atoms with van der Waals surface area (Å²) in [5.41, 5.74) is 5.67. The van der Waals surface area contributed by atoms with Gasteiger partial charge in [0.25, 0.3) is 10.2 Å². The van der Waals surface area contributed by atoms with Crippen LogP contribution in [0.25, 0.3) is 17.0 Å². The Balaban J connectivity index is 1.53. The van der Waals surface area contributed by atoms with E-state index in [1.54, 1.807) is 6.08 Å². The van der Waals surface area contributed by atoms with E-state index in [-0.39, 0.29) is 6.04 Å². The molecule has 0 aliphatic heterocycles. The van der Waals surface area contributed by atoms with Gasteiger partial charge in [0.1, 0.15) is 0 Å². The molecule has 0 radical (unpaired) electrons. The van der Waals surface area contributed by atoms with Crippen LogP contribution in [0.2, 0.25) is 0 Å². The van der Waals surface area contributed by atoms with E-state index in [0.29, 0.717) is 13.1 Å². The van der Waals surface area contributed by atoms with E-state index in [1.165, 1.54) is 40.5 Å². The van der Waals surface area contributed by atoms with Crippen molar-refractivity contribution in [1.82, 2.24) is 18.9 Å². The normalized spacial score (nSPS) is 16.1. The van der Waals surface area contributed by atoms with Crippen LogP contribution < -0.4 is 4.72 Å². The molecule has 0 saturated heterocycles. The fourth-order valence-corrected chi connectivity index (χ4v) is 5.35. The summed E-state index contributed by atoms with van der Waals surface area (Å²) in [5, 5.41) is 10.1. The molecule has 9 heteroatoms. The Morgan fingerprint density at radius 3 is 2.77 bits per heavy atom. The second-order valence-electron chi connectivity index (χ2n) is 9.01. The molecule has 4 rings (SSSR count). The van der Waals surface area contributed by atoms with E-state index in [4.69, 9.17) is 5.11 Å². The number of carbonyl (C=O) groups is 1. The number of fused-ring (bicyclic) bond motifs is 2. The molecule has 3 N–H and O–H groups in total. The van der Waals surface area contributed by atoms with Gasteiger partial charge in [-0.15, -0.1) is 0 Å². The molecule has 2 aromatic carbocycles. The maximum Gasteiger partial charge on any atom is 0.328 e. The Morgan fingerprint density at radius 2 is 2.00 bits per heavy atom. The lowest BCUT2D eigenvalue weighted by Crippen LogP contribution is -2.41. The summed E-state index contributed by atoms with van der Waals surface area (Å²) >= 11 is 0. The summed E-state index contributed by atoms with van der Waals surface area (Å²) in [5.74, 6) is -0.966. The summed E-state index contributed by atoms with van der Waals surface area (Å²) in [4.78, 5) is 16.6. The Bertz CT molecular complexity index is 1330. The number of H-pyrrole nitrogens is 1. The first-order chi connectivity index (χ1) is 16.7. The molecule has 186 valence electrons.